The maximum Gasteiger partial charge on any atom is 0.241 e. The summed E-state index contributed by atoms with van der Waals surface area (Å²) in [5, 5.41) is 6.73. The molecule has 2 aromatic carbocycles. The Kier molecular flexibility index (Phi) is 9.22. The minimum atomic E-state index is -0.497. The van der Waals surface area contributed by atoms with Crippen molar-refractivity contribution in [2.45, 2.75) is 31.3 Å². The zero-order valence-electron chi connectivity index (χ0n) is 16.8. The Morgan fingerprint density at radius 1 is 1.03 bits per heavy atom. The SMILES string of the molecule is C[C@H](NC(=O)C1(N2CCNCC2)Cc2ccccc2C1)c1cc(Br)cc(Br)c1.Cl.Cl. The van der Waals surface area contributed by atoms with E-state index in [2.05, 4.69) is 90.7 Å². The molecule has 1 amide bonds. The van der Waals surface area contributed by atoms with Gasteiger partial charge in [0.25, 0.3) is 0 Å². The van der Waals surface area contributed by atoms with E-state index in [-0.39, 0.29) is 36.8 Å². The van der Waals surface area contributed by atoms with Crippen LogP contribution in [0.15, 0.2) is 51.4 Å². The fourth-order valence-corrected chi connectivity index (χ4v) is 5.78. The fourth-order valence-electron chi connectivity index (χ4n) is 4.46. The van der Waals surface area contributed by atoms with E-state index in [4.69, 9.17) is 0 Å². The van der Waals surface area contributed by atoms with Crippen molar-refractivity contribution in [1.82, 2.24) is 15.5 Å². The van der Waals surface area contributed by atoms with Crippen molar-refractivity contribution in [3.8, 4) is 0 Å². The summed E-state index contributed by atoms with van der Waals surface area (Å²) in [5.74, 6) is 0.134. The molecule has 0 spiro atoms. The van der Waals surface area contributed by atoms with Crippen LogP contribution >= 0.6 is 56.7 Å². The Hall–Kier alpha value is -0.630. The third kappa shape index (κ3) is 5.22. The summed E-state index contributed by atoms with van der Waals surface area (Å²) >= 11 is 7.10. The zero-order valence-corrected chi connectivity index (χ0v) is 21.6. The maximum atomic E-state index is 13.7. The van der Waals surface area contributed by atoms with Gasteiger partial charge in [-0.2, -0.15) is 0 Å². The van der Waals surface area contributed by atoms with Gasteiger partial charge >= 0.3 is 0 Å². The predicted octanol–water partition coefficient (Wildman–Crippen LogP) is 4.68. The Labute approximate surface area is 207 Å². The van der Waals surface area contributed by atoms with Crippen LogP contribution in [-0.4, -0.2) is 42.5 Å². The lowest BCUT2D eigenvalue weighted by Gasteiger charge is -2.42. The van der Waals surface area contributed by atoms with Crippen molar-refractivity contribution in [1.29, 1.82) is 0 Å². The molecule has 1 heterocycles. The largest absolute Gasteiger partial charge is 0.348 e. The summed E-state index contributed by atoms with van der Waals surface area (Å²) in [7, 11) is 0. The second-order valence-corrected chi connectivity index (χ2v) is 9.62. The first-order valence-corrected chi connectivity index (χ1v) is 11.4. The summed E-state index contributed by atoms with van der Waals surface area (Å²) < 4.78 is 2.01. The van der Waals surface area contributed by atoms with E-state index in [9.17, 15) is 4.79 Å². The quantitative estimate of drug-likeness (QED) is 0.553. The van der Waals surface area contributed by atoms with Gasteiger partial charge in [-0.1, -0.05) is 56.1 Å². The third-order valence-electron chi connectivity index (χ3n) is 5.96. The lowest BCUT2D eigenvalue weighted by Crippen LogP contribution is -2.64. The van der Waals surface area contributed by atoms with Crippen LogP contribution in [-0.2, 0) is 17.6 Å². The summed E-state index contributed by atoms with van der Waals surface area (Å²) in [6, 6.07) is 14.6. The van der Waals surface area contributed by atoms with E-state index in [1.807, 2.05) is 6.07 Å². The highest BCUT2D eigenvalue weighted by molar-refractivity contribution is 9.11. The Bertz CT molecular complexity index is 845. The summed E-state index contributed by atoms with van der Waals surface area (Å²) in [4.78, 5) is 16.1. The van der Waals surface area contributed by atoms with E-state index in [0.717, 1.165) is 53.5 Å². The van der Waals surface area contributed by atoms with Crippen LogP contribution in [0.3, 0.4) is 0 Å². The topological polar surface area (TPSA) is 44.4 Å². The predicted molar refractivity (Wildman–Crippen MR) is 134 cm³/mol. The molecule has 4 rings (SSSR count). The molecule has 0 radical (unpaired) electrons. The molecule has 0 saturated carbocycles. The van der Waals surface area contributed by atoms with E-state index >= 15 is 0 Å². The molecular weight excluding hydrogens is 553 g/mol. The minimum Gasteiger partial charge on any atom is -0.348 e. The Morgan fingerprint density at radius 3 is 2.10 bits per heavy atom. The van der Waals surface area contributed by atoms with Gasteiger partial charge in [0.2, 0.25) is 5.91 Å². The van der Waals surface area contributed by atoms with Crippen LogP contribution in [0, 0.1) is 0 Å². The molecule has 1 aliphatic carbocycles. The number of piperazine rings is 1. The lowest BCUT2D eigenvalue weighted by atomic mass is 9.90. The molecule has 0 aromatic heterocycles. The number of hydrogen-bond donors (Lipinski definition) is 2. The van der Waals surface area contributed by atoms with Crippen molar-refractivity contribution in [3.05, 3.63) is 68.1 Å². The van der Waals surface area contributed by atoms with Crippen LogP contribution in [0.5, 0.6) is 0 Å². The average molecular weight is 580 g/mol. The number of amides is 1. The molecule has 8 heteroatoms. The maximum absolute atomic E-state index is 13.7. The van der Waals surface area contributed by atoms with Gasteiger partial charge in [-0.15, -0.1) is 24.8 Å². The molecule has 4 nitrogen and oxygen atoms in total. The van der Waals surface area contributed by atoms with E-state index in [0.29, 0.717) is 0 Å². The minimum absolute atomic E-state index is 0. The van der Waals surface area contributed by atoms with Crippen LogP contribution < -0.4 is 10.6 Å². The first kappa shape index (κ1) is 25.6. The second-order valence-electron chi connectivity index (χ2n) is 7.79. The van der Waals surface area contributed by atoms with Crippen LogP contribution in [0.1, 0.15) is 29.7 Å². The lowest BCUT2D eigenvalue weighted by molar-refractivity contribution is -0.134. The van der Waals surface area contributed by atoms with Crippen molar-refractivity contribution in [3.63, 3.8) is 0 Å². The monoisotopic (exact) mass is 577 g/mol. The van der Waals surface area contributed by atoms with Gasteiger partial charge in [0.1, 0.15) is 5.54 Å². The average Bonchev–Trinajstić information content (AvgIpc) is 3.09. The van der Waals surface area contributed by atoms with Gasteiger partial charge < -0.3 is 10.6 Å². The molecule has 0 unspecified atom stereocenters. The summed E-state index contributed by atoms with van der Waals surface area (Å²) in [5.41, 5.74) is 3.19. The number of nitrogens with one attached hydrogen (secondary N) is 2. The third-order valence-corrected chi connectivity index (χ3v) is 6.88. The van der Waals surface area contributed by atoms with Gasteiger partial charge in [0.15, 0.2) is 0 Å². The number of nitrogens with zero attached hydrogens (tertiary/aromatic N) is 1. The summed E-state index contributed by atoms with van der Waals surface area (Å²) in [6.07, 6.45) is 1.56. The van der Waals surface area contributed by atoms with Gasteiger partial charge in [0.05, 0.1) is 6.04 Å². The zero-order chi connectivity index (χ0) is 19.7. The highest BCUT2D eigenvalue weighted by Gasteiger charge is 2.48. The number of fused-ring (bicyclic) bond motifs is 1. The molecule has 1 fully saturated rings. The molecule has 164 valence electrons. The van der Waals surface area contributed by atoms with Crippen LogP contribution in [0.25, 0.3) is 0 Å². The molecule has 2 aliphatic rings. The molecule has 0 bridgehead atoms. The molecule has 1 saturated heterocycles. The molecular formula is C22H27Br2Cl2N3O. The molecule has 1 aliphatic heterocycles. The number of benzene rings is 2. The highest BCUT2D eigenvalue weighted by atomic mass is 79.9. The molecule has 30 heavy (non-hydrogen) atoms. The summed E-state index contributed by atoms with van der Waals surface area (Å²) in [6.45, 7) is 5.72. The van der Waals surface area contributed by atoms with Crippen molar-refractivity contribution >= 4 is 62.6 Å². The number of carbonyl (C=O) groups excluding carboxylic acids is 1. The van der Waals surface area contributed by atoms with Gasteiger partial charge in [0, 0.05) is 48.0 Å². The first-order valence-electron chi connectivity index (χ1n) is 9.77. The van der Waals surface area contributed by atoms with E-state index in [1.165, 1.54) is 11.1 Å². The van der Waals surface area contributed by atoms with Crippen LogP contribution in [0.2, 0.25) is 0 Å². The standard InChI is InChI=1S/C22H25Br2N3O.2ClH/c1-15(18-10-19(23)12-20(24)11-18)26-21(28)22(27-8-6-25-7-9-27)13-16-4-2-3-5-17(16)14-22;;/h2-5,10-12,15,25H,6-9,13-14H2,1H3,(H,26,28);2*1H/t15-;;/m0../s1. The Morgan fingerprint density at radius 2 is 1.57 bits per heavy atom. The molecule has 2 aromatic rings. The smallest absolute Gasteiger partial charge is 0.241 e. The van der Waals surface area contributed by atoms with Gasteiger partial charge in [-0.3, -0.25) is 9.69 Å². The van der Waals surface area contributed by atoms with Crippen LogP contribution in [0.4, 0.5) is 0 Å². The van der Waals surface area contributed by atoms with Crippen molar-refractivity contribution in [2.75, 3.05) is 26.2 Å². The number of halogens is 4. The van der Waals surface area contributed by atoms with E-state index < -0.39 is 5.54 Å². The van der Waals surface area contributed by atoms with E-state index in [1.54, 1.807) is 0 Å². The number of hydrogen-bond acceptors (Lipinski definition) is 3. The van der Waals surface area contributed by atoms with Gasteiger partial charge in [-0.25, -0.2) is 0 Å². The Balaban J connectivity index is 0.00000160. The number of carbonyl (C=O) groups is 1. The van der Waals surface area contributed by atoms with Crippen molar-refractivity contribution in [2.24, 2.45) is 0 Å². The first-order chi connectivity index (χ1) is 13.5. The van der Waals surface area contributed by atoms with Gasteiger partial charge in [-0.05, 0) is 41.8 Å². The molecule has 1 atom stereocenters. The highest BCUT2D eigenvalue weighted by Crippen LogP contribution is 2.36. The normalized spacial score (nSPS) is 18.5. The van der Waals surface area contributed by atoms with Crippen molar-refractivity contribution < 1.29 is 4.79 Å². The second kappa shape index (κ2) is 10.8. The number of rotatable bonds is 4. The fraction of sp³-hybridized carbons (Fsp3) is 0.409. The molecule has 2 N–H and O–H groups in total.